The van der Waals surface area contributed by atoms with Crippen molar-refractivity contribution in [1.29, 1.82) is 0 Å². The first-order chi connectivity index (χ1) is 13.5. The number of aromatic nitrogens is 3. The summed E-state index contributed by atoms with van der Waals surface area (Å²) in [5, 5.41) is 10.6. The fourth-order valence-corrected chi connectivity index (χ4v) is 3.38. The molecule has 2 N–H and O–H groups in total. The number of aromatic amines is 1. The Morgan fingerprint density at radius 1 is 1.11 bits per heavy atom. The Morgan fingerprint density at radius 2 is 1.82 bits per heavy atom. The number of H-pyrrole nitrogens is 1. The van der Waals surface area contributed by atoms with Crippen LogP contribution in [0.3, 0.4) is 0 Å². The van der Waals surface area contributed by atoms with Gasteiger partial charge in [-0.1, -0.05) is 79.7 Å². The minimum atomic E-state index is -0.00881. The number of benzene rings is 2. The SMILES string of the molecule is Cc1ccc(-c2nc(SCC(=O)NCCc3ccc(C(C)C)cc3)n[nH]2)cc1. The summed E-state index contributed by atoms with van der Waals surface area (Å²) in [5.74, 6) is 1.54. The monoisotopic (exact) mass is 394 g/mol. The Labute approximate surface area is 170 Å². The van der Waals surface area contributed by atoms with Crippen LogP contribution < -0.4 is 5.32 Å². The second-order valence-electron chi connectivity index (χ2n) is 7.12. The first-order valence-electron chi connectivity index (χ1n) is 9.49. The molecule has 0 atom stereocenters. The van der Waals surface area contributed by atoms with E-state index in [0.29, 0.717) is 29.2 Å². The van der Waals surface area contributed by atoms with Gasteiger partial charge in [-0.25, -0.2) is 4.98 Å². The molecule has 0 spiro atoms. The maximum atomic E-state index is 12.1. The summed E-state index contributed by atoms with van der Waals surface area (Å²) >= 11 is 1.33. The van der Waals surface area contributed by atoms with Gasteiger partial charge in [-0.3, -0.25) is 9.89 Å². The highest BCUT2D eigenvalue weighted by molar-refractivity contribution is 7.99. The lowest BCUT2D eigenvalue weighted by Gasteiger charge is -2.07. The van der Waals surface area contributed by atoms with Crippen molar-refractivity contribution >= 4 is 17.7 Å². The minimum absolute atomic E-state index is 0.00881. The van der Waals surface area contributed by atoms with Crippen molar-refractivity contribution in [3.05, 3.63) is 65.2 Å². The molecule has 0 bridgehead atoms. The standard InChI is InChI=1S/C22H26N4OS/c1-15(2)18-10-6-17(7-11-18)12-13-23-20(27)14-28-22-24-21(25-26-22)19-8-4-16(3)5-9-19/h4-11,15H,12-14H2,1-3H3,(H,23,27)(H,24,25,26). The van der Waals surface area contributed by atoms with Gasteiger partial charge in [0, 0.05) is 12.1 Å². The van der Waals surface area contributed by atoms with E-state index in [1.807, 2.05) is 31.2 Å². The average molecular weight is 395 g/mol. The molecule has 2 aromatic carbocycles. The van der Waals surface area contributed by atoms with Gasteiger partial charge in [0.15, 0.2) is 5.82 Å². The molecule has 0 saturated carbocycles. The van der Waals surface area contributed by atoms with Gasteiger partial charge >= 0.3 is 0 Å². The average Bonchev–Trinajstić information content (AvgIpc) is 3.16. The second-order valence-corrected chi connectivity index (χ2v) is 8.06. The molecule has 0 radical (unpaired) electrons. The van der Waals surface area contributed by atoms with Gasteiger partial charge in [0.05, 0.1) is 5.75 Å². The molecule has 6 heteroatoms. The van der Waals surface area contributed by atoms with Crippen LogP contribution in [0.25, 0.3) is 11.4 Å². The topological polar surface area (TPSA) is 70.7 Å². The summed E-state index contributed by atoms with van der Waals surface area (Å²) in [4.78, 5) is 16.5. The van der Waals surface area contributed by atoms with E-state index in [2.05, 4.69) is 58.6 Å². The van der Waals surface area contributed by atoms with E-state index in [9.17, 15) is 4.79 Å². The molecule has 0 fully saturated rings. The highest BCUT2D eigenvalue weighted by Gasteiger charge is 2.09. The maximum Gasteiger partial charge on any atom is 0.230 e. The molecule has 0 aliphatic rings. The molecule has 0 unspecified atom stereocenters. The summed E-state index contributed by atoms with van der Waals surface area (Å²) < 4.78 is 0. The first-order valence-corrected chi connectivity index (χ1v) is 10.5. The number of hydrogen-bond acceptors (Lipinski definition) is 4. The Morgan fingerprint density at radius 3 is 2.50 bits per heavy atom. The molecule has 0 saturated heterocycles. The van der Waals surface area contributed by atoms with E-state index in [-0.39, 0.29) is 5.91 Å². The third-order valence-electron chi connectivity index (χ3n) is 4.50. The Kier molecular flexibility index (Phi) is 6.87. The predicted octanol–water partition coefficient (Wildman–Crippen LogP) is 4.35. The number of rotatable bonds is 8. The zero-order valence-electron chi connectivity index (χ0n) is 16.5. The predicted molar refractivity (Wildman–Crippen MR) is 115 cm³/mol. The molecular formula is C22H26N4OS. The summed E-state index contributed by atoms with van der Waals surface area (Å²) in [5.41, 5.74) is 4.75. The van der Waals surface area contributed by atoms with E-state index in [4.69, 9.17) is 0 Å². The van der Waals surface area contributed by atoms with Gasteiger partial charge in [0.1, 0.15) is 0 Å². The fraction of sp³-hybridized carbons (Fsp3) is 0.318. The third-order valence-corrected chi connectivity index (χ3v) is 5.35. The number of nitrogens with one attached hydrogen (secondary N) is 2. The van der Waals surface area contributed by atoms with Crippen molar-refractivity contribution in [3.63, 3.8) is 0 Å². The van der Waals surface area contributed by atoms with Crippen molar-refractivity contribution < 1.29 is 4.79 Å². The van der Waals surface area contributed by atoms with Crippen LogP contribution in [0.1, 0.15) is 36.5 Å². The largest absolute Gasteiger partial charge is 0.355 e. The highest BCUT2D eigenvalue weighted by atomic mass is 32.2. The van der Waals surface area contributed by atoms with Crippen molar-refractivity contribution in [3.8, 4) is 11.4 Å². The lowest BCUT2D eigenvalue weighted by molar-refractivity contribution is -0.118. The van der Waals surface area contributed by atoms with Crippen LogP contribution in [-0.2, 0) is 11.2 Å². The van der Waals surface area contributed by atoms with Crippen LogP contribution in [0.2, 0.25) is 0 Å². The first kappa shape index (κ1) is 20.1. The van der Waals surface area contributed by atoms with E-state index < -0.39 is 0 Å². The van der Waals surface area contributed by atoms with Crippen molar-refractivity contribution in [2.75, 3.05) is 12.3 Å². The number of carbonyl (C=O) groups excluding carboxylic acids is 1. The zero-order valence-corrected chi connectivity index (χ0v) is 17.3. The smallest absolute Gasteiger partial charge is 0.230 e. The van der Waals surface area contributed by atoms with Gasteiger partial charge < -0.3 is 5.32 Å². The fourth-order valence-electron chi connectivity index (χ4n) is 2.75. The van der Waals surface area contributed by atoms with Crippen LogP contribution in [0.15, 0.2) is 53.7 Å². The van der Waals surface area contributed by atoms with Gasteiger partial charge in [-0.05, 0) is 30.4 Å². The van der Waals surface area contributed by atoms with E-state index in [1.165, 1.54) is 28.5 Å². The van der Waals surface area contributed by atoms with Gasteiger partial charge in [0.2, 0.25) is 11.1 Å². The van der Waals surface area contributed by atoms with Gasteiger partial charge in [-0.15, -0.1) is 5.10 Å². The van der Waals surface area contributed by atoms with E-state index >= 15 is 0 Å². The van der Waals surface area contributed by atoms with Crippen LogP contribution in [0.5, 0.6) is 0 Å². The van der Waals surface area contributed by atoms with Gasteiger partial charge in [0.25, 0.3) is 0 Å². The molecule has 0 aliphatic carbocycles. The lowest BCUT2D eigenvalue weighted by Crippen LogP contribution is -2.27. The van der Waals surface area contributed by atoms with Crippen molar-refractivity contribution in [2.45, 2.75) is 38.3 Å². The number of amides is 1. The number of hydrogen-bond donors (Lipinski definition) is 2. The highest BCUT2D eigenvalue weighted by Crippen LogP contribution is 2.19. The van der Waals surface area contributed by atoms with Crippen LogP contribution in [0.4, 0.5) is 0 Å². The number of aryl methyl sites for hydroxylation is 1. The lowest BCUT2D eigenvalue weighted by atomic mass is 10.0. The van der Waals surface area contributed by atoms with E-state index in [0.717, 1.165) is 12.0 Å². The second kappa shape index (κ2) is 9.55. The summed E-state index contributed by atoms with van der Waals surface area (Å²) in [6.45, 7) is 7.05. The van der Waals surface area contributed by atoms with Crippen LogP contribution >= 0.6 is 11.8 Å². The maximum absolute atomic E-state index is 12.1. The molecule has 1 amide bonds. The molecular weight excluding hydrogens is 368 g/mol. The molecule has 1 heterocycles. The zero-order chi connectivity index (χ0) is 19.9. The summed E-state index contributed by atoms with van der Waals surface area (Å²) in [7, 11) is 0. The Hall–Kier alpha value is -2.60. The van der Waals surface area contributed by atoms with Crippen molar-refractivity contribution in [2.24, 2.45) is 0 Å². The quantitative estimate of drug-likeness (QED) is 0.557. The molecule has 146 valence electrons. The molecule has 0 aliphatic heterocycles. The Balaban J connectivity index is 1.41. The third kappa shape index (κ3) is 5.70. The molecule has 28 heavy (non-hydrogen) atoms. The van der Waals surface area contributed by atoms with Crippen molar-refractivity contribution in [1.82, 2.24) is 20.5 Å². The molecule has 1 aromatic heterocycles. The minimum Gasteiger partial charge on any atom is -0.355 e. The number of thioether (sulfide) groups is 1. The van der Waals surface area contributed by atoms with Crippen LogP contribution in [0, 0.1) is 6.92 Å². The van der Waals surface area contributed by atoms with Crippen LogP contribution in [-0.4, -0.2) is 33.4 Å². The molecule has 3 rings (SSSR count). The molecule has 3 aromatic rings. The molecule has 5 nitrogen and oxygen atoms in total. The number of carbonyl (C=O) groups is 1. The van der Waals surface area contributed by atoms with E-state index in [1.54, 1.807) is 0 Å². The summed E-state index contributed by atoms with van der Waals surface area (Å²) in [6, 6.07) is 16.7. The Bertz CT molecular complexity index is 901. The summed E-state index contributed by atoms with van der Waals surface area (Å²) in [6.07, 6.45) is 0.826. The normalized spacial score (nSPS) is 11.0. The van der Waals surface area contributed by atoms with Gasteiger partial charge in [-0.2, -0.15) is 0 Å². The number of nitrogens with zero attached hydrogens (tertiary/aromatic N) is 2.